The first-order valence-electron chi connectivity index (χ1n) is 19.8. The van der Waals surface area contributed by atoms with Crippen molar-refractivity contribution in [3.05, 3.63) is 228 Å². The Morgan fingerprint density at radius 3 is 1.66 bits per heavy atom. The van der Waals surface area contributed by atoms with Gasteiger partial charge in [-0.3, -0.25) is 0 Å². The summed E-state index contributed by atoms with van der Waals surface area (Å²) in [6.45, 7) is 0. The number of rotatable bonds is 4. The number of fused-ring (bicyclic) bond motifs is 14. The predicted octanol–water partition coefficient (Wildman–Crippen LogP) is 14.2. The Kier molecular flexibility index (Phi) is 6.74. The van der Waals surface area contributed by atoms with Gasteiger partial charge < -0.3 is 4.57 Å². The molecule has 0 atom stereocenters. The van der Waals surface area contributed by atoms with Crippen LogP contribution >= 0.6 is 0 Å². The number of para-hydroxylation sites is 1. The van der Waals surface area contributed by atoms with E-state index in [9.17, 15) is 0 Å². The molecule has 12 rings (SSSR count). The summed E-state index contributed by atoms with van der Waals surface area (Å²) in [4.78, 5) is 0. The fourth-order valence-electron chi connectivity index (χ4n) is 10.3. The Hall–Kier alpha value is -6.96. The smallest absolute Gasteiger partial charge is 0.0746 e. The largest absolute Gasteiger partial charge is 0.309 e. The molecule has 0 saturated heterocycles. The van der Waals surface area contributed by atoms with Crippen molar-refractivity contribution < 1.29 is 0 Å². The minimum atomic E-state index is -0.456. The summed E-state index contributed by atoms with van der Waals surface area (Å²) in [5.74, 6) is 0. The lowest BCUT2D eigenvalue weighted by molar-refractivity contribution is 0.797. The van der Waals surface area contributed by atoms with E-state index in [4.69, 9.17) is 0 Å². The standard InChI is InChI=1S/C55H37N/c1-4-16-36(17-5-1)39-32-40(37-18-6-2-7-19-37)34-41(33-39)38-28-31-52-48(35-38)47-30-29-46-45-24-12-15-27-51(45)55(53(46)54(47)56(52)42-20-8-3-9-21-42)49-25-13-10-22-43(49)44-23-11-14-26-50(44)55/h1,3-6,8-35H,2,7H2. The van der Waals surface area contributed by atoms with E-state index in [2.05, 4.69) is 205 Å². The van der Waals surface area contributed by atoms with Gasteiger partial charge in [0.2, 0.25) is 0 Å². The number of aromatic nitrogens is 1. The molecule has 0 fully saturated rings. The Morgan fingerprint density at radius 2 is 1.00 bits per heavy atom. The van der Waals surface area contributed by atoms with Crippen LogP contribution in [0.2, 0.25) is 0 Å². The molecule has 0 N–H and O–H groups in total. The molecule has 0 aliphatic heterocycles. The van der Waals surface area contributed by atoms with Crippen molar-refractivity contribution in [3.63, 3.8) is 0 Å². The van der Waals surface area contributed by atoms with Crippen molar-refractivity contribution in [1.29, 1.82) is 0 Å². The van der Waals surface area contributed by atoms with Crippen LogP contribution in [0.4, 0.5) is 0 Å². The van der Waals surface area contributed by atoms with Crippen LogP contribution in [0.15, 0.2) is 200 Å². The van der Waals surface area contributed by atoms with Gasteiger partial charge in [0.05, 0.1) is 16.4 Å². The third-order valence-corrected chi connectivity index (χ3v) is 12.6. The van der Waals surface area contributed by atoms with E-state index in [1.807, 2.05) is 0 Å². The first-order chi connectivity index (χ1) is 27.8. The molecule has 1 spiro atoms. The summed E-state index contributed by atoms with van der Waals surface area (Å²) in [5.41, 5.74) is 21.4. The van der Waals surface area contributed by atoms with Gasteiger partial charge >= 0.3 is 0 Å². The summed E-state index contributed by atoms with van der Waals surface area (Å²) in [7, 11) is 0. The van der Waals surface area contributed by atoms with Crippen LogP contribution in [0, 0.1) is 0 Å². The van der Waals surface area contributed by atoms with Crippen LogP contribution in [-0.4, -0.2) is 4.57 Å². The van der Waals surface area contributed by atoms with E-state index in [1.165, 1.54) is 105 Å². The molecular formula is C55H37N. The van der Waals surface area contributed by atoms with Gasteiger partial charge in [0, 0.05) is 22.0 Å². The predicted molar refractivity (Wildman–Crippen MR) is 234 cm³/mol. The average Bonchev–Trinajstić information content (AvgIpc) is 3.89. The molecule has 0 bridgehead atoms. The second-order valence-corrected chi connectivity index (χ2v) is 15.5. The van der Waals surface area contributed by atoms with Gasteiger partial charge in [-0.25, -0.2) is 0 Å². The van der Waals surface area contributed by atoms with Crippen LogP contribution in [0.1, 0.15) is 40.7 Å². The fourth-order valence-corrected chi connectivity index (χ4v) is 10.3. The summed E-state index contributed by atoms with van der Waals surface area (Å²) in [5, 5.41) is 2.54. The molecule has 0 unspecified atom stereocenters. The molecule has 1 nitrogen and oxygen atoms in total. The van der Waals surface area contributed by atoms with Crippen LogP contribution in [0.5, 0.6) is 0 Å². The monoisotopic (exact) mass is 711 g/mol. The maximum Gasteiger partial charge on any atom is 0.0746 e. The van der Waals surface area contributed by atoms with Crippen LogP contribution in [0.25, 0.3) is 77.6 Å². The Bertz CT molecular complexity index is 3060. The van der Waals surface area contributed by atoms with Gasteiger partial charge in [-0.2, -0.15) is 0 Å². The molecule has 262 valence electrons. The summed E-state index contributed by atoms with van der Waals surface area (Å²) in [6, 6.07) is 68.2. The number of nitrogens with zero attached hydrogens (tertiary/aromatic N) is 1. The van der Waals surface area contributed by atoms with Crippen molar-refractivity contribution in [1.82, 2.24) is 4.57 Å². The quantitative estimate of drug-likeness (QED) is 0.171. The minimum Gasteiger partial charge on any atom is -0.309 e. The van der Waals surface area contributed by atoms with E-state index in [0.717, 1.165) is 12.8 Å². The normalized spacial score (nSPS) is 14.5. The maximum atomic E-state index is 2.55. The van der Waals surface area contributed by atoms with E-state index in [0.29, 0.717) is 0 Å². The average molecular weight is 712 g/mol. The Labute approximate surface area is 327 Å². The van der Waals surface area contributed by atoms with Crippen LogP contribution < -0.4 is 0 Å². The Balaban J connectivity index is 1.18. The Morgan fingerprint density at radius 1 is 0.411 bits per heavy atom. The molecule has 1 aromatic heterocycles. The molecule has 56 heavy (non-hydrogen) atoms. The van der Waals surface area contributed by atoms with Crippen molar-refractivity contribution in [2.24, 2.45) is 0 Å². The van der Waals surface area contributed by atoms with Gasteiger partial charge in [-0.15, -0.1) is 0 Å². The zero-order chi connectivity index (χ0) is 36.8. The highest BCUT2D eigenvalue weighted by atomic mass is 15.0. The molecule has 0 radical (unpaired) electrons. The summed E-state index contributed by atoms with van der Waals surface area (Å²) in [6.07, 6.45) is 9.16. The highest BCUT2D eigenvalue weighted by Gasteiger charge is 2.53. The van der Waals surface area contributed by atoms with Crippen molar-refractivity contribution in [2.75, 3.05) is 0 Å². The van der Waals surface area contributed by atoms with Crippen molar-refractivity contribution in [3.8, 4) is 50.2 Å². The van der Waals surface area contributed by atoms with E-state index in [-0.39, 0.29) is 0 Å². The van der Waals surface area contributed by atoms with Gasteiger partial charge in [0.1, 0.15) is 0 Å². The molecule has 0 saturated carbocycles. The summed E-state index contributed by atoms with van der Waals surface area (Å²) >= 11 is 0. The van der Waals surface area contributed by atoms with E-state index >= 15 is 0 Å². The lowest BCUT2D eigenvalue weighted by Crippen LogP contribution is -2.26. The molecule has 9 aromatic rings. The van der Waals surface area contributed by atoms with Crippen LogP contribution in [-0.2, 0) is 5.41 Å². The molecule has 1 heterocycles. The third-order valence-electron chi connectivity index (χ3n) is 12.6. The summed E-state index contributed by atoms with van der Waals surface area (Å²) < 4.78 is 2.55. The van der Waals surface area contributed by atoms with Gasteiger partial charge in [-0.1, -0.05) is 158 Å². The lowest BCUT2D eigenvalue weighted by atomic mass is 9.70. The molecular weight excluding hydrogens is 675 g/mol. The van der Waals surface area contributed by atoms with Crippen LogP contribution in [0.3, 0.4) is 0 Å². The first-order valence-corrected chi connectivity index (χ1v) is 19.8. The number of hydrogen-bond donors (Lipinski definition) is 0. The van der Waals surface area contributed by atoms with Gasteiger partial charge in [0.25, 0.3) is 0 Å². The van der Waals surface area contributed by atoms with Gasteiger partial charge in [0.15, 0.2) is 0 Å². The number of hydrogen-bond acceptors (Lipinski definition) is 0. The maximum absolute atomic E-state index is 2.55. The molecule has 0 amide bonds. The van der Waals surface area contributed by atoms with Crippen molar-refractivity contribution >= 4 is 27.4 Å². The molecule has 3 aliphatic carbocycles. The van der Waals surface area contributed by atoms with E-state index in [1.54, 1.807) is 0 Å². The molecule has 1 heteroatoms. The number of allylic oxidation sites excluding steroid dienone is 4. The first kappa shape index (κ1) is 31.4. The SMILES string of the molecule is C1=CC(c2cc(-c3ccccc3)cc(-c3ccc4c(c3)c3ccc5c(c3n4-c3ccccc3)C3(c4ccccc4-c4ccccc43)c3ccccc3-5)c2)=CCC1. The topological polar surface area (TPSA) is 4.93 Å². The number of benzene rings is 8. The van der Waals surface area contributed by atoms with E-state index < -0.39 is 5.41 Å². The zero-order valence-electron chi connectivity index (χ0n) is 30.9. The lowest BCUT2D eigenvalue weighted by Gasteiger charge is -2.31. The second kappa shape index (κ2) is 12.0. The highest BCUT2D eigenvalue weighted by molar-refractivity contribution is 6.15. The zero-order valence-corrected chi connectivity index (χ0v) is 30.9. The fraction of sp³-hybridized carbons (Fsp3) is 0.0545. The second-order valence-electron chi connectivity index (χ2n) is 15.5. The third kappa shape index (κ3) is 4.31. The molecule has 3 aliphatic rings. The molecule has 8 aromatic carbocycles. The van der Waals surface area contributed by atoms with Crippen molar-refractivity contribution in [2.45, 2.75) is 18.3 Å². The minimum absolute atomic E-state index is 0.456. The highest BCUT2D eigenvalue weighted by Crippen LogP contribution is 2.64. The van der Waals surface area contributed by atoms with Gasteiger partial charge in [-0.05, 0) is 128 Å².